The largest absolute Gasteiger partial charge is 0.120 e. The molecule has 0 aliphatic heterocycles. The van der Waals surface area contributed by atoms with Gasteiger partial charge in [0.1, 0.15) is 0 Å². The van der Waals surface area contributed by atoms with E-state index in [0.717, 1.165) is 6.42 Å². The van der Waals surface area contributed by atoms with Crippen molar-refractivity contribution >= 4 is 11.6 Å². The number of alkyl halides is 1. The Hall–Kier alpha value is -0.490. The van der Waals surface area contributed by atoms with Crippen molar-refractivity contribution in [3.63, 3.8) is 0 Å². The lowest BCUT2D eigenvalue weighted by Gasteiger charge is -2.29. The van der Waals surface area contributed by atoms with Gasteiger partial charge in [0.2, 0.25) is 0 Å². The van der Waals surface area contributed by atoms with Gasteiger partial charge in [-0.05, 0) is 38.2 Å². The molecule has 0 N–H and O–H groups in total. The molecule has 132 valence electrons. The Kier molecular flexibility index (Phi) is 10.7. The van der Waals surface area contributed by atoms with Crippen molar-refractivity contribution in [1.82, 2.24) is 0 Å². The second kappa shape index (κ2) is 12.0. The maximum Gasteiger partial charge on any atom is 0.0421 e. The molecule has 0 radical (unpaired) electrons. The van der Waals surface area contributed by atoms with Gasteiger partial charge in [-0.2, -0.15) is 0 Å². The zero-order chi connectivity index (χ0) is 17.0. The number of rotatable bonds is 13. The zero-order valence-electron chi connectivity index (χ0n) is 15.6. The Morgan fingerprint density at radius 2 is 1.35 bits per heavy atom. The van der Waals surface area contributed by atoms with Gasteiger partial charge < -0.3 is 0 Å². The highest BCUT2D eigenvalue weighted by atomic mass is 35.5. The van der Waals surface area contributed by atoms with Crippen molar-refractivity contribution < 1.29 is 0 Å². The molecule has 0 aliphatic rings. The summed E-state index contributed by atoms with van der Waals surface area (Å²) in [4.78, 5) is -0.115. The van der Waals surface area contributed by atoms with Crippen molar-refractivity contribution in [3.8, 4) is 0 Å². The molecule has 0 bridgehead atoms. The van der Waals surface area contributed by atoms with Crippen LogP contribution in [0.2, 0.25) is 0 Å². The number of unbranched alkanes of at least 4 members (excludes halogenated alkanes) is 8. The van der Waals surface area contributed by atoms with Gasteiger partial charge in [-0.15, -0.1) is 11.6 Å². The Labute approximate surface area is 150 Å². The van der Waals surface area contributed by atoms with Crippen molar-refractivity contribution in [2.45, 2.75) is 96.3 Å². The van der Waals surface area contributed by atoms with Crippen LogP contribution in [0.4, 0.5) is 0 Å². The predicted molar refractivity (Wildman–Crippen MR) is 105 cm³/mol. The fourth-order valence-corrected chi connectivity index (χ4v) is 3.47. The van der Waals surface area contributed by atoms with Crippen LogP contribution in [0, 0.1) is 5.92 Å². The zero-order valence-corrected chi connectivity index (χ0v) is 16.4. The van der Waals surface area contributed by atoms with Crippen molar-refractivity contribution in [2.24, 2.45) is 5.92 Å². The Morgan fingerprint density at radius 1 is 0.826 bits per heavy atom. The topological polar surface area (TPSA) is 0 Å². The minimum atomic E-state index is -0.115. The highest BCUT2D eigenvalue weighted by Gasteiger charge is 2.26. The van der Waals surface area contributed by atoms with E-state index in [1.54, 1.807) is 0 Å². The van der Waals surface area contributed by atoms with Crippen LogP contribution < -0.4 is 0 Å². The Bertz CT molecular complexity index is 377. The van der Waals surface area contributed by atoms with Crippen LogP contribution in [-0.4, -0.2) is 4.87 Å². The molecule has 1 heteroatoms. The van der Waals surface area contributed by atoms with Gasteiger partial charge >= 0.3 is 0 Å². The molecule has 1 rings (SSSR count). The third-order valence-electron chi connectivity index (χ3n) is 4.95. The van der Waals surface area contributed by atoms with Crippen LogP contribution in [0.5, 0.6) is 0 Å². The summed E-state index contributed by atoms with van der Waals surface area (Å²) in [6.45, 7) is 6.63. The number of hydrogen-bond donors (Lipinski definition) is 0. The van der Waals surface area contributed by atoms with E-state index in [2.05, 4.69) is 51.1 Å². The standard InChI is InChI=1S/C22H37Cl/c1-4-5-6-7-8-9-10-11-15-18-21(22(2,3)23)19-20-16-13-12-14-17-20/h12-14,16-17,21H,4-11,15,18-19H2,1-3H3. The maximum absolute atomic E-state index is 6.66. The van der Waals surface area contributed by atoms with Gasteiger partial charge in [0.25, 0.3) is 0 Å². The van der Waals surface area contributed by atoms with E-state index >= 15 is 0 Å². The molecule has 0 aromatic heterocycles. The molecule has 0 fully saturated rings. The van der Waals surface area contributed by atoms with Crippen LogP contribution in [0.15, 0.2) is 30.3 Å². The van der Waals surface area contributed by atoms with Gasteiger partial charge in [-0.3, -0.25) is 0 Å². The molecule has 1 aromatic carbocycles. The first-order valence-corrected chi connectivity index (χ1v) is 10.1. The summed E-state index contributed by atoms with van der Waals surface area (Å²) < 4.78 is 0. The molecule has 0 heterocycles. The third-order valence-corrected chi connectivity index (χ3v) is 5.26. The van der Waals surface area contributed by atoms with Crippen LogP contribution in [-0.2, 0) is 6.42 Å². The van der Waals surface area contributed by atoms with Gasteiger partial charge in [0.05, 0.1) is 0 Å². The van der Waals surface area contributed by atoms with E-state index in [4.69, 9.17) is 11.6 Å². The molecule has 23 heavy (non-hydrogen) atoms. The van der Waals surface area contributed by atoms with E-state index in [9.17, 15) is 0 Å². The molecule has 1 aromatic rings. The summed E-state index contributed by atoms with van der Waals surface area (Å²) in [5, 5.41) is 0. The average molecular weight is 337 g/mol. The number of benzene rings is 1. The second-order valence-electron chi connectivity index (χ2n) is 7.57. The summed E-state index contributed by atoms with van der Waals surface area (Å²) >= 11 is 6.66. The monoisotopic (exact) mass is 336 g/mol. The molecule has 1 unspecified atom stereocenters. The highest BCUT2D eigenvalue weighted by Crippen LogP contribution is 2.32. The van der Waals surface area contributed by atoms with Gasteiger partial charge in [0.15, 0.2) is 0 Å². The Morgan fingerprint density at radius 3 is 1.87 bits per heavy atom. The van der Waals surface area contributed by atoms with Gasteiger partial charge in [0, 0.05) is 4.87 Å². The summed E-state index contributed by atoms with van der Waals surface area (Å²) in [7, 11) is 0. The minimum Gasteiger partial charge on any atom is -0.120 e. The van der Waals surface area contributed by atoms with Gasteiger partial charge in [-0.25, -0.2) is 0 Å². The maximum atomic E-state index is 6.66. The Balaban J connectivity index is 2.20. The fourth-order valence-electron chi connectivity index (χ4n) is 3.29. The lowest BCUT2D eigenvalue weighted by Crippen LogP contribution is -2.26. The van der Waals surface area contributed by atoms with Crippen molar-refractivity contribution in [1.29, 1.82) is 0 Å². The van der Waals surface area contributed by atoms with E-state index in [-0.39, 0.29) is 4.87 Å². The van der Waals surface area contributed by atoms with Gasteiger partial charge in [-0.1, -0.05) is 95.0 Å². The number of hydrogen-bond acceptors (Lipinski definition) is 0. The van der Waals surface area contributed by atoms with E-state index in [1.165, 1.54) is 69.8 Å². The van der Waals surface area contributed by atoms with E-state index < -0.39 is 0 Å². The first kappa shape index (κ1) is 20.6. The minimum absolute atomic E-state index is 0.115. The van der Waals surface area contributed by atoms with Crippen LogP contribution in [0.25, 0.3) is 0 Å². The summed E-state index contributed by atoms with van der Waals surface area (Å²) in [6, 6.07) is 10.8. The quantitative estimate of drug-likeness (QED) is 0.255. The molecular formula is C22H37Cl. The van der Waals surface area contributed by atoms with Crippen molar-refractivity contribution in [2.75, 3.05) is 0 Å². The lowest BCUT2D eigenvalue weighted by atomic mass is 9.84. The molecule has 0 saturated heterocycles. The normalized spacial score (nSPS) is 13.2. The first-order valence-electron chi connectivity index (χ1n) is 9.77. The first-order chi connectivity index (χ1) is 11.0. The summed E-state index contributed by atoms with van der Waals surface area (Å²) in [6.07, 6.45) is 14.9. The average Bonchev–Trinajstić information content (AvgIpc) is 2.52. The molecule has 1 atom stereocenters. The fraction of sp³-hybridized carbons (Fsp3) is 0.727. The highest BCUT2D eigenvalue weighted by molar-refractivity contribution is 6.23. The molecule has 0 nitrogen and oxygen atoms in total. The molecular weight excluding hydrogens is 300 g/mol. The molecule has 0 aliphatic carbocycles. The summed E-state index contributed by atoms with van der Waals surface area (Å²) in [5.74, 6) is 0.566. The second-order valence-corrected chi connectivity index (χ2v) is 8.54. The SMILES string of the molecule is CCCCCCCCCCCC(Cc1ccccc1)C(C)(C)Cl. The molecule has 0 amide bonds. The predicted octanol–water partition coefficient (Wildman–Crippen LogP) is 7.78. The summed E-state index contributed by atoms with van der Waals surface area (Å²) in [5.41, 5.74) is 1.42. The van der Waals surface area contributed by atoms with Crippen molar-refractivity contribution in [3.05, 3.63) is 35.9 Å². The lowest BCUT2D eigenvalue weighted by molar-refractivity contribution is 0.367. The molecule has 0 saturated carbocycles. The van der Waals surface area contributed by atoms with E-state index in [1.807, 2.05) is 0 Å². The van der Waals surface area contributed by atoms with Crippen LogP contribution in [0.1, 0.15) is 90.5 Å². The number of halogens is 1. The van der Waals surface area contributed by atoms with Crippen LogP contribution in [0.3, 0.4) is 0 Å². The molecule has 0 spiro atoms. The smallest absolute Gasteiger partial charge is 0.0421 e. The van der Waals surface area contributed by atoms with Crippen LogP contribution >= 0.6 is 11.6 Å². The third kappa shape index (κ3) is 10.1. The van der Waals surface area contributed by atoms with E-state index in [0.29, 0.717) is 5.92 Å².